The number of nitrogens with one attached hydrogen (secondary N) is 1. The first-order valence-corrected chi connectivity index (χ1v) is 8.32. The first-order chi connectivity index (χ1) is 11.7. The summed E-state index contributed by atoms with van der Waals surface area (Å²) in [6.45, 7) is 0. The van der Waals surface area contributed by atoms with Crippen molar-refractivity contribution in [3.8, 4) is 11.1 Å². The number of amides is 1. The van der Waals surface area contributed by atoms with Crippen molar-refractivity contribution in [3.05, 3.63) is 60.2 Å². The van der Waals surface area contributed by atoms with Crippen molar-refractivity contribution < 1.29 is 14.8 Å². The second-order valence-corrected chi connectivity index (χ2v) is 5.82. The van der Waals surface area contributed by atoms with E-state index in [1.54, 1.807) is 5.48 Å². The van der Waals surface area contributed by atoms with Gasteiger partial charge in [-0.2, -0.15) is 0 Å². The molecule has 2 rings (SSSR count). The minimum absolute atomic E-state index is 0.154. The molecule has 0 unspecified atom stereocenters. The van der Waals surface area contributed by atoms with Gasteiger partial charge < -0.3 is 0 Å². The fourth-order valence-electron chi connectivity index (χ4n) is 2.63. The lowest BCUT2D eigenvalue weighted by molar-refractivity contribution is -0.129. The van der Waals surface area contributed by atoms with Gasteiger partial charge in [0.05, 0.1) is 0 Å². The van der Waals surface area contributed by atoms with Gasteiger partial charge in [-0.15, -0.1) is 0 Å². The Bertz CT molecular complexity index is 668. The SMILES string of the molecule is O=C(CCCCCCC(=O)c1cccc(-c2ccccc2)c1)NO. The molecule has 0 radical (unpaired) electrons. The highest BCUT2D eigenvalue weighted by Gasteiger charge is 2.07. The average Bonchev–Trinajstić information content (AvgIpc) is 2.65. The lowest BCUT2D eigenvalue weighted by Crippen LogP contribution is -2.17. The molecule has 1 amide bonds. The second kappa shape index (κ2) is 9.63. The predicted molar refractivity (Wildman–Crippen MR) is 93.8 cm³/mol. The van der Waals surface area contributed by atoms with Crippen molar-refractivity contribution in [3.63, 3.8) is 0 Å². The fourth-order valence-corrected chi connectivity index (χ4v) is 2.63. The highest BCUT2D eigenvalue weighted by molar-refractivity contribution is 5.97. The molecule has 0 atom stereocenters. The van der Waals surface area contributed by atoms with Gasteiger partial charge in [0.2, 0.25) is 5.91 Å². The molecular formula is C20H23NO3. The zero-order valence-electron chi connectivity index (χ0n) is 13.7. The van der Waals surface area contributed by atoms with Crippen LogP contribution in [0.25, 0.3) is 11.1 Å². The number of hydroxylamine groups is 1. The van der Waals surface area contributed by atoms with Crippen LogP contribution in [0.3, 0.4) is 0 Å². The fraction of sp³-hybridized carbons (Fsp3) is 0.300. The quantitative estimate of drug-likeness (QED) is 0.311. The normalized spacial score (nSPS) is 10.4. The molecule has 0 saturated carbocycles. The number of unbranched alkanes of at least 4 members (excludes halogenated alkanes) is 3. The third-order valence-electron chi connectivity index (χ3n) is 3.97. The number of hydrogen-bond acceptors (Lipinski definition) is 3. The molecule has 0 bridgehead atoms. The van der Waals surface area contributed by atoms with Crippen LogP contribution in [0.15, 0.2) is 54.6 Å². The van der Waals surface area contributed by atoms with Crippen LogP contribution < -0.4 is 5.48 Å². The Kier molecular flexibility index (Phi) is 7.18. The lowest BCUT2D eigenvalue weighted by Gasteiger charge is -2.05. The minimum Gasteiger partial charge on any atom is -0.294 e. The van der Waals surface area contributed by atoms with Crippen LogP contribution in [0, 0.1) is 0 Å². The van der Waals surface area contributed by atoms with Crippen molar-refractivity contribution in [2.45, 2.75) is 38.5 Å². The van der Waals surface area contributed by atoms with Crippen LogP contribution in [0.2, 0.25) is 0 Å². The van der Waals surface area contributed by atoms with Gasteiger partial charge in [-0.05, 0) is 30.0 Å². The van der Waals surface area contributed by atoms with Crippen LogP contribution in [0.1, 0.15) is 48.9 Å². The third kappa shape index (κ3) is 5.63. The highest BCUT2D eigenvalue weighted by Crippen LogP contribution is 2.21. The third-order valence-corrected chi connectivity index (χ3v) is 3.97. The van der Waals surface area contributed by atoms with Gasteiger partial charge in [0, 0.05) is 18.4 Å². The van der Waals surface area contributed by atoms with Gasteiger partial charge in [-0.1, -0.05) is 61.4 Å². The van der Waals surface area contributed by atoms with Crippen molar-refractivity contribution in [2.24, 2.45) is 0 Å². The first-order valence-electron chi connectivity index (χ1n) is 8.32. The van der Waals surface area contributed by atoms with E-state index in [0.29, 0.717) is 12.8 Å². The van der Waals surface area contributed by atoms with Crippen LogP contribution >= 0.6 is 0 Å². The second-order valence-electron chi connectivity index (χ2n) is 5.82. The molecule has 0 aromatic heterocycles. The summed E-state index contributed by atoms with van der Waals surface area (Å²) >= 11 is 0. The lowest BCUT2D eigenvalue weighted by atomic mass is 9.99. The largest absolute Gasteiger partial charge is 0.294 e. The van der Waals surface area contributed by atoms with Crippen molar-refractivity contribution in [1.29, 1.82) is 0 Å². The Morgan fingerprint density at radius 3 is 2.17 bits per heavy atom. The van der Waals surface area contributed by atoms with Crippen LogP contribution in [-0.2, 0) is 4.79 Å². The summed E-state index contributed by atoms with van der Waals surface area (Å²) in [6, 6.07) is 17.8. The number of ketones is 1. The van der Waals surface area contributed by atoms with E-state index >= 15 is 0 Å². The van der Waals surface area contributed by atoms with E-state index in [2.05, 4.69) is 0 Å². The molecule has 0 aliphatic heterocycles. The molecular weight excluding hydrogens is 302 g/mol. The summed E-state index contributed by atoms with van der Waals surface area (Å²) < 4.78 is 0. The summed E-state index contributed by atoms with van der Waals surface area (Å²) in [4.78, 5) is 23.2. The van der Waals surface area contributed by atoms with Crippen LogP contribution in [0.4, 0.5) is 0 Å². The number of rotatable bonds is 9. The Labute approximate surface area is 142 Å². The number of carbonyl (C=O) groups is 2. The molecule has 24 heavy (non-hydrogen) atoms. The number of hydrogen-bond donors (Lipinski definition) is 2. The number of carbonyl (C=O) groups excluding carboxylic acids is 2. The molecule has 4 heteroatoms. The molecule has 2 N–H and O–H groups in total. The smallest absolute Gasteiger partial charge is 0.243 e. The zero-order chi connectivity index (χ0) is 17.2. The highest BCUT2D eigenvalue weighted by atomic mass is 16.5. The van der Waals surface area contributed by atoms with E-state index in [-0.39, 0.29) is 11.7 Å². The number of Topliss-reactive ketones (excluding diaryl/α,β-unsaturated/α-hetero) is 1. The predicted octanol–water partition coefficient (Wildman–Crippen LogP) is 4.38. The molecule has 0 spiro atoms. The Balaban J connectivity index is 1.80. The Morgan fingerprint density at radius 2 is 1.46 bits per heavy atom. The minimum atomic E-state index is -0.358. The molecule has 126 valence electrons. The monoisotopic (exact) mass is 325 g/mol. The maximum absolute atomic E-state index is 12.3. The van der Waals surface area contributed by atoms with E-state index in [1.807, 2.05) is 54.6 Å². The van der Waals surface area contributed by atoms with Crippen molar-refractivity contribution in [2.75, 3.05) is 0 Å². The summed E-state index contributed by atoms with van der Waals surface area (Å²) in [7, 11) is 0. The van der Waals surface area contributed by atoms with Gasteiger partial charge in [0.15, 0.2) is 5.78 Å². The van der Waals surface area contributed by atoms with Gasteiger partial charge in [0.25, 0.3) is 0 Å². The van der Waals surface area contributed by atoms with Gasteiger partial charge in [0.1, 0.15) is 0 Å². The number of benzene rings is 2. The maximum atomic E-state index is 12.3. The molecule has 0 aliphatic carbocycles. The molecule has 0 saturated heterocycles. The molecule has 0 heterocycles. The summed E-state index contributed by atoms with van der Waals surface area (Å²) in [5.74, 6) is -0.204. The van der Waals surface area contributed by atoms with Crippen LogP contribution in [0.5, 0.6) is 0 Å². The van der Waals surface area contributed by atoms with E-state index in [0.717, 1.165) is 42.4 Å². The molecule has 0 fully saturated rings. The summed E-state index contributed by atoms with van der Waals surface area (Å²) in [6.07, 6.45) is 4.17. The maximum Gasteiger partial charge on any atom is 0.243 e. The van der Waals surface area contributed by atoms with Crippen LogP contribution in [-0.4, -0.2) is 16.9 Å². The summed E-state index contributed by atoms with van der Waals surface area (Å²) in [5, 5.41) is 8.40. The van der Waals surface area contributed by atoms with Crippen molar-refractivity contribution in [1.82, 2.24) is 5.48 Å². The zero-order valence-corrected chi connectivity index (χ0v) is 13.7. The topological polar surface area (TPSA) is 66.4 Å². The van der Waals surface area contributed by atoms with E-state index in [4.69, 9.17) is 5.21 Å². The molecule has 2 aromatic rings. The van der Waals surface area contributed by atoms with Gasteiger partial charge in [-0.3, -0.25) is 14.8 Å². The van der Waals surface area contributed by atoms with E-state index in [1.165, 1.54) is 0 Å². The average molecular weight is 325 g/mol. The standard InChI is InChI=1S/C20H23NO3/c22-19(13-6-1-2-7-14-20(23)21-24)18-12-8-11-17(15-18)16-9-4-3-5-10-16/h3-5,8-12,15,24H,1-2,6-7,13-14H2,(H,21,23). The molecule has 0 aliphatic rings. The van der Waals surface area contributed by atoms with E-state index < -0.39 is 0 Å². The Morgan fingerprint density at radius 1 is 0.792 bits per heavy atom. The van der Waals surface area contributed by atoms with Gasteiger partial charge >= 0.3 is 0 Å². The van der Waals surface area contributed by atoms with Crippen molar-refractivity contribution >= 4 is 11.7 Å². The van der Waals surface area contributed by atoms with E-state index in [9.17, 15) is 9.59 Å². The summed E-state index contributed by atoms with van der Waals surface area (Å²) in [5.41, 5.74) is 4.53. The molecule has 4 nitrogen and oxygen atoms in total. The Hall–Kier alpha value is -2.46. The first kappa shape index (κ1) is 17.9. The van der Waals surface area contributed by atoms with Gasteiger partial charge in [-0.25, -0.2) is 5.48 Å². The molecule has 2 aromatic carbocycles.